The molecule has 2 amide bonds. The summed E-state index contributed by atoms with van der Waals surface area (Å²) in [6.45, 7) is 0. The number of hydrogen-bond acceptors (Lipinski definition) is 6. The summed E-state index contributed by atoms with van der Waals surface area (Å²) in [5.74, 6) is 0.443. The molecule has 0 saturated heterocycles. The molecular formula is C18H16N6O2. The van der Waals surface area contributed by atoms with Crippen LogP contribution in [0, 0.1) is 0 Å². The maximum absolute atomic E-state index is 12.4. The number of anilines is 4. The van der Waals surface area contributed by atoms with Gasteiger partial charge >= 0.3 is 0 Å². The topological polar surface area (TPSA) is 136 Å². The van der Waals surface area contributed by atoms with Crippen LogP contribution in [0.4, 0.5) is 23.3 Å². The van der Waals surface area contributed by atoms with Gasteiger partial charge in [-0.25, -0.2) is 9.97 Å². The Hall–Kier alpha value is -3.94. The molecule has 2 aromatic heterocycles. The zero-order chi connectivity index (χ0) is 18.5. The van der Waals surface area contributed by atoms with Crippen molar-refractivity contribution < 1.29 is 9.59 Å². The number of carbonyl (C=O) groups excluding carboxylic acids is 2. The fourth-order valence-corrected chi connectivity index (χ4v) is 2.22. The number of aromatic nitrogens is 2. The molecule has 1 aromatic carbocycles. The zero-order valence-corrected chi connectivity index (χ0v) is 13.6. The molecule has 0 unspecified atom stereocenters. The lowest BCUT2D eigenvalue weighted by Crippen LogP contribution is -2.16. The molecule has 0 aliphatic rings. The summed E-state index contributed by atoms with van der Waals surface area (Å²) in [7, 11) is 0. The van der Waals surface area contributed by atoms with Gasteiger partial charge in [0.05, 0.1) is 0 Å². The van der Waals surface area contributed by atoms with Crippen LogP contribution in [0.2, 0.25) is 0 Å². The lowest BCUT2D eigenvalue weighted by atomic mass is 10.1. The normalized spacial score (nSPS) is 10.2. The number of carbonyl (C=O) groups is 2. The van der Waals surface area contributed by atoms with Crippen molar-refractivity contribution in [3.63, 3.8) is 0 Å². The quantitative estimate of drug-likeness (QED) is 0.570. The van der Waals surface area contributed by atoms with Crippen LogP contribution in [0.5, 0.6) is 0 Å². The van der Waals surface area contributed by atoms with E-state index in [1.165, 1.54) is 6.07 Å². The highest BCUT2D eigenvalue weighted by Gasteiger charge is 2.12. The van der Waals surface area contributed by atoms with E-state index >= 15 is 0 Å². The first-order valence-corrected chi connectivity index (χ1v) is 7.69. The summed E-state index contributed by atoms with van der Waals surface area (Å²) < 4.78 is 0. The second-order valence-corrected chi connectivity index (χ2v) is 5.38. The monoisotopic (exact) mass is 348 g/mol. The van der Waals surface area contributed by atoms with Crippen molar-refractivity contribution in [2.75, 3.05) is 22.1 Å². The molecule has 8 heteroatoms. The Bertz CT molecular complexity index is 898. The summed E-state index contributed by atoms with van der Waals surface area (Å²) in [5.41, 5.74) is 11.8. The minimum atomic E-state index is -0.403. The molecule has 3 aromatic rings. The molecule has 0 spiro atoms. The lowest BCUT2D eigenvalue weighted by molar-refractivity contribution is 0.102. The van der Waals surface area contributed by atoms with Crippen molar-refractivity contribution in [1.82, 2.24) is 9.97 Å². The van der Waals surface area contributed by atoms with Gasteiger partial charge in [-0.2, -0.15) is 0 Å². The summed E-state index contributed by atoms with van der Waals surface area (Å²) >= 11 is 0. The molecule has 0 aliphatic carbocycles. The first-order valence-electron chi connectivity index (χ1n) is 7.69. The van der Waals surface area contributed by atoms with E-state index in [-0.39, 0.29) is 0 Å². The number of nitrogens with two attached hydrogens (primary N) is 2. The molecule has 0 bridgehead atoms. The average Bonchev–Trinajstić information content (AvgIpc) is 2.62. The number of pyridine rings is 2. The number of nitrogens with zero attached hydrogens (tertiary/aromatic N) is 2. The number of hydrogen-bond donors (Lipinski definition) is 4. The van der Waals surface area contributed by atoms with Crippen LogP contribution in [0.1, 0.15) is 20.7 Å². The largest absolute Gasteiger partial charge is 0.384 e. The molecule has 2 heterocycles. The summed E-state index contributed by atoms with van der Waals surface area (Å²) in [6.07, 6.45) is 0. The van der Waals surface area contributed by atoms with Crippen molar-refractivity contribution in [1.29, 1.82) is 0 Å². The fourth-order valence-electron chi connectivity index (χ4n) is 2.22. The molecular weight excluding hydrogens is 332 g/mol. The minimum Gasteiger partial charge on any atom is -0.384 e. The molecule has 0 radical (unpaired) electrons. The Morgan fingerprint density at radius 2 is 1.12 bits per heavy atom. The highest BCUT2D eigenvalue weighted by Crippen LogP contribution is 2.13. The maximum Gasteiger partial charge on any atom is 0.256 e. The van der Waals surface area contributed by atoms with E-state index in [4.69, 9.17) is 11.5 Å². The molecule has 0 saturated carbocycles. The van der Waals surface area contributed by atoms with Crippen LogP contribution in [0.25, 0.3) is 0 Å². The molecule has 0 fully saturated rings. The summed E-state index contributed by atoms with van der Waals surface area (Å²) in [5, 5.41) is 5.26. The Labute approximate surface area is 149 Å². The van der Waals surface area contributed by atoms with Crippen LogP contribution in [-0.2, 0) is 0 Å². The standard InChI is InChI=1S/C18H16N6O2/c19-13-6-2-8-15(21-13)23-17(25)11-4-1-5-12(10-11)18(26)24-16-9-3-7-14(20)22-16/h1-10H,(H3,19,21,23,25)(H3,20,22,24,26). The van der Waals surface area contributed by atoms with E-state index in [1.807, 2.05) is 0 Å². The summed E-state index contributed by atoms with van der Waals surface area (Å²) in [4.78, 5) is 32.7. The van der Waals surface area contributed by atoms with Gasteiger partial charge in [-0.05, 0) is 42.5 Å². The Morgan fingerprint density at radius 3 is 1.54 bits per heavy atom. The predicted octanol–water partition coefficient (Wildman–Crippen LogP) is 2.15. The van der Waals surface area contributed by atoms with Crippen LogP contribution in [-0.4, -0.2) is 21.8 Å². The Balaban J connectivity index is 1.75. The van der Waals surface area contributed by atoms with E-state index in [0.717, 1.165) is 0 Å². The van der Waals surface area contributed by atoms with Crippen LogP contribution < -0.4 is 22.1 Å². The highest BCUT2D eigenvalue weighted by atomic mass is 16.2. The molecule has 6 N–H and O–H groups in total. The van der Waals surface area contributed by atoms with Crippen molar-refractivity contribution >= 4 is 35.1 Å². The average molecular weight is 348 g/mol. The van der Waals surface area contributed by atoms with Crippen LogP contribution >= 0.6 is 0 Å². The van der Waals surface area contributed by atoms with Gasteiger partial charge in [-0.1, -0.05) is 18.2 Å². The number of benzene rings is 1. The number of nitrogens with one attached hydrogen (secondary N) is 2. The van der Waals surface area contributed by atoms with E-state index in [9.17, 15) is 9.59 Å². The first-order chi connectivity index (χ1) is 12.5. The fraction of sp³-hybridized carbons (Fsp3) is 0. The van der Waals surface area contributed by atoms with Crippen molar-refractivity contribution in [2.24, 2.45) is 0 Å². The molecule has 0 atom stereocenters. The first kappa shape index (κ1) is 16.9. The highest BCUT2D eigenvalue weighted by molar-refractivity contribution is 6.08. The van der Waals surface area contributed by atoms with Crippen molar-refractivity contribution in [3.8, 4) is 0 Å². The van der Waals surface area contributed by atoms with E-state index < -0.39 is 11.8 Å². The molecule has 3 rings (SSSR count). The number of rotatable bonds is 4. The third kappa shape index (κ3) is 4.12. The third-order valence-electron chi connectivity index (χ3n) is 3.41. The van der Waals surface area contributed by atoms with Gasteiger partial charge in [0.15, 0.2) is 0 Å². The van der Waals surface area contributed by atoms with Crippen LogP contribution in [0.3, 0.4) is 0 Å². The smallest absolute Gasteiger partial charge is 0.256 e. The minimum absolute atomic E-state index is 0.297. The van der Waals surface area contributed by atoms with Gasteiger partial charge in [-0.3, -0.25) is 9.59 Å². The van der Waals surface area contributed by atoms with Gasteiger partial charge in [0.2, 0.25) is 0 Å². The SMILES string of the molecule is Nc1cccc(NC(=O)c2cccc(C(=O)Nc3cccc(N)n3)c2)n1. The molecule has 8 nitrogen and oxygen atoms in total. The molecule has 130 valence electrons. The van der Waals surface area contributed by atoms with E-state index in [1.54, 1.807) is 54.6 Å². The number of nitrogen functional groups attached to an aromatic ring is 2. The molecule has 26 heavy (non-hydrogen) atoms. The zero-order valence-electron chi connectivity index (χ0n) is 13.6. The van der Waals surface area contributed by atoms with Crippen molar-refractivity contribution in [2.45, 2.75) is 0 Å². The van der Waals surface area contributed by atoms with E-state index in [0.29, 0.717) is 34.4 Å². The van der Waals surface area contributed by atoms with Gasteiger partial charge in [-0.15, -0.1) is 0 Å². The number of amides is 2. The Morgan fingerprint density at radius 1 is 0.692 bits per heavy atom. The van der Waals surface area contributed by atoms with Gasteiger partial charge < -0.3 is 22.1 Å². The van der Waals surface area contributed by atoms with E-state index in [2.05, 4.69) is 20.6 Å². The Kier molecular flexibility index (Phi) is 4.75. The van der Waals surface area contributed by atoms with Crippen molar-refractivity contribution in [3.05, 3.63) is 71.8 Å². The lowest BCUT2D eigenvalue weighted by Gasteiger charge is -2.08. The van der Waals surface area contributed by atoms with Crippen LogP contribution in [0.15, 0.2) is 60.7 Å². The predicted molar refractivity (Wildman–Crippen MR) is 99.6 cm³/mol. The maximum atomic E-state index is 12.4. The van der Waals surface area contributed by atoms with Gasteiger partial charge in [0.25, 0.3) is 11.8 Å². The van der Waals surface area contributed by atoms with Gasteiger partial charge in [0, 0.05) is 11.1 Å². The summed E-state index contributed by atoms with van der Waals surface area (Å²) in [6, 6.07) is 16.1. The second kappa shape index (κ2) is 7.31. The van der Waals surface area contributed by atoms with Gasteiger partial charge in [0.1, 0.15) is 23.3 Å². The molecule has 0 aliphatic heterocycles. The third-order valence-corrected chi connectivity index (χ3v) is 3.41. The second-order valence-electron chi connectivity index (χ2n) is 5.38.